The molecule has 0 aliphatic rings. The zero-order valence-corrected chi connectivity index (χ0v) is 11.0. The van der Waals surface area contributed by atoms with Crippen molar-refractivity contribution < 1.29 is 4.74 Å². The number of nitrogens with two attached hydrogens (primary N) is 1. The van der Waals surface area contributed by atoms with Gasteiger partial charge in [0.05, 0.1) is 6.04 Å². The van der Waals surface area contributed by atoms with Crippen LogP contribution in [0.2, 0.25) is 0 Å². The van der Waals surface area contributed by atoms with Crippen molar-refractivity contribution in [2.24, 2.45) is 0 Å². The van der Waals surface area contributed by atoms with E-state index in [4.69, 9.17) is 10.5 Å². The molecule has 0 fully saturated rings. The predicted octanol–water partition coefficient (Wildman–Crippen LogP) is 1.77. The Morgan fingerprint density at radius 3 is 2.74 bits per heavy atom. The number of ether oxygens (including phenoxy) is 1. The van der Waals surface area contributed by atoms with Gasteiger partial charge in [0.1, 0.15) is 18.2 Å². The zero-order chi connectivity index (χ0) is 13.7. The fraction of sp³-hybridized carbons (Fsp3) is 0.308. The van der Waals surface area contributed by atoms with Crippen LogP contribution in [-0.2, 0) is 11.3 Å². The summed E-state index contributed by atoms with van der Waals surface area (Å²) in [6, 6.07) is 5.72. The fourth-order valence-corrected chi connectivity index (χ4v) is 1.74. The Bertz CT molecular complexity index is 532. The lowest BCUT2D eigenvalue weighted by Gasteiger charge is -2.15. The molecule has 0 saturated carbocycles. The minimum Gasteiger partial charge on any atom is -0.384 e. The van der Waals surface area contributed by atoms with Crippen LogP contribution < -0.4 is 11.1 Å². The quantitative estimate of drug-likeness (QED) is 0.851. The van der Waals surface area contributed by atoms with E-state index in [1.807, 2.05) is 19.1 Å². The van der Waals surface area contributed by atoms with Gasteiger partial charge >= 0.3 is 0 Å². The molecule has 0 radical (unpaired) electrons. The molecule has 0 bridgehead atoms. The van der Waals surface area contributed by atoms with Gasteiger partial charge in [-0.1, -0.05) is 0 Å². The summed E-state index contributed by atoms with van der Waals surface area (Å²) in [7, 11) is 1.60. The molecule has 0 aliphatic heterocycles. The summed E-state index contributed by atoms with van der Waals surface area (Å²) in [5, 5.41) is 3.28. The first kappa shape index (κ1) is 13.2. The molecule has 2 heterocycles. The Hall–Kier alpha value is -2.21. The van der Waals surface area contributed by atoms with Crippen LogP contribution in [0.1, 0.15) is 24.4 Å². The number of hydrogen-bond acceptors (Lipinski definition) is 6. The number of hydrogen-bond donors (Lipinski definition) is 2. The summed E-state index contributed by atoms with van der Waals surface area (Å²) in [5.41, 5.74) is 6.87. The lowest BCUT2D eigenvalue weighted by molar-refractivity contribution is 0.178. The van der Waals surface area contributed by atoms with Gasteiger partial charge in [-0.15, -0.1) is 0 Å². The number of aromatic nitrogens is 3. The first-order chi connectivity index (χ1) is 9.19. The van der Waals surface area contributed by atoms with Crippen molar-refractivity contribution in [3.8, 4) is 0 Å². The number of rotatable bonds is 5. The van der Waals surface area contributed by atoms with Gasteiger partial charge in [-0.25, -0.2) is 9.97 Å². The summed E-state index contributed by atoms with van der Waals surface area (Å²) in [6.45, 7) is 2.38. The summed E-state index contributed by atoms with van der Waals surface area (Å²) in [4.78, 5) is 12.4. The molecule has 0 spiro atoms. The van der Waals surface area contributed by atoms with Crippen molar-refractivity contribution in [3.63, 3.8) is 0 Å². The van der Waals surface area contributed by atoms with Crippen molar-refractivity contribution in [1.82, 2.24) is 15.0 Å². The Morgan fingerprint density at radius 2 is 2.05 bits per heavy atom. The molecular formula is C13H17N5O. The maximum Gasteiger partial charge on any atom is 0.158 e. The highest BCUT2D eigenvalue weighted by Gasteiger charge is 2.08. The molecule has 6 heteroatoms. The Labute approximate surface area is 112 Å². The van der Waals surface area contributed by atoms with Gasteiger partial charge in [0.2, 0.25) is 0 Å². The molecule has 0 amide bonds. The summed E-state index contributed by atoms with van der Waals surface area (Å²) >= 11 is 0. The second-order valence-electron chi connectivity index (χ2n) is 4.17. The molecule has 3 N–H and O–H groups in total. The normalized spacial score (nSPS) is 12.1. The van der Waals surface area contributed by atoms with Gasteiger partial charge in [-0.05, 0) is 24.6 Å². The number of nitrogens with zero attached hydrogens (tertiary/aromatic N) is 3. The standard InChI is InChI=1S/C13H17N5O/c1-9(10-3-5-15-6-4-10)16-12-7-11(14)17-13(18-12)8-19-2/h3-7,9H,8H2,1-2H3,(H3,14,16,17,18). The molecule has 2 aromatic rings. The minimum atomic E-state index is 0.104. The van der Waals surface area contributed by atoms with Gasteiger partial charge in [0.15, 0.2) is 5.82 Å². The van der Waals surface area contributed by atoms with E-state index in [1.54, 1.807) is 25.6 Å². The number of nitrogens with one attached hydrogen (secondary N) is 1. The summed E-state index contributed by atoms with van der Waals surface area (Å²) in [6.07, 6.45) is 3.52. The molecule has 19 heavy (non-hydrogen) atoms. The second kappa shape index (κ2) is 6.10. The van der Waals surface area contributed by atoms with E-state index in [0.29, 0.717) is 24.1 Å². The van der Waals surface area contributed by atoms with Crippen molar-refractivity contribution in [3.05, 3.63) is 42.0 Å². The minimum absolute atomic E-state index is 0.104. The first-order valence-corrected chi connectivity index (χ1v) is 5.98. The van der Waals surface area contributed by atoms with E-state index in [1.165, 1.54) is 0 Å². The van der Waals surface area contributed by atoms with E-state index in [9.17, 15) is 0 Å². The number of nitrogen functional groups attached to an aromatic ring is 1. The van der Waals surface area contributed by atoms with Crippen LogP contribution in [0.25, 0.3) is 0 Å². The highest BCUT2D eigenvalue weighted by Crippen LogP contribution is 2.18. The monoisotopic (exact) mass is 259 g/mol. The van der Waals surface area contributed by atoms with Gasteiger partial charge in [-0.2, -0.15) is 0 Å². The largest absolute Gasteiger partial charge is 0.384 e. The van der Waals surface area contributed by atoms with Crippen molar-refractivity contribution in [2.75, 3.05) is 18.2 Å². The van der Waals surface area contributed by atoms with Crippen LogP contribution in [-0.4, -0.2) is 22.1 Å². The molecule has 2 aromatic heterocycles. The zero-order valence-electron chi connectivity index (χ0n) is 11.0. The molecule has 2 rings (SSSR count). The maximum atomic E-state index is 5.75. The van der Waals surface area contributed by atoms with Crippen LogP contribution in [0.4, 0.5) is 11.6 Å². The topological polar surface area (TPSA) is 86.0 Å². The highest BCUT2D eigenvalue weighted by atomic mass is 16.5. The molecule has 0 aliphatic carbocycles. The SMILES string of the molecule is COCc1nc(N)cc(NC(C)c2ccncc2)n1. The van der Waals surface area contributed by atoms with E-state index in [0.717, 1.165) is 5.56 Å². The predicted molar refractivity (Wildman–Crippen MR) is 73.4 cm³/mol. The van der Waals surface area contributed by atoms with Crippen LogP contribution in [0, 0.1) is 0 Å². The Morgan fingerprint density at radius 1 is 1.32 bits per heavy atom. The van der Waals surface area contributed by atoms with E-state index in [-0.39, 0.29) is 6.04 Å². The van der Waals surface area contributed by atoms with Gasteiger partial charge in [-0.3, -0.25) is 4.98 Å². The molecular weight excluding hydrogens is 242 g/mol. The van der Waals surface area contributed by atoms with E-state index < -0.39 is 0 Å². The molecule has 1 atom stereocenters. The third-order valence-electron chi connectivity index (χ3n) is 2.64. The van der Waals surface area contributed by atoms with Crippen molar-refractivity contribution in [2.45, 2.75) is 19.6 Å². The van der Waals surface area contributed by atoms with Gasteiger partial charge < -0.3 is 15.8 Å². The molecule has 0 aromatic carbocycles. The van der Waals surface area contributed by atoms with E-state index >= 15 is 0 Å². The number of anilines is 2. The lowest BCUT2D eigenvalue weighted by Crippen LogP contribution is -2.11. The smallest absolute Gasteiger partial charge is 0.158 e. The van der Waals surface area contributed by atoms with E-state index in [2.05, 4.69) is 20.3 Å². The van der Waals surface area contributed by atoms with Crippen molar-refractivity contribution >= 4 is 11.6 Å². The average Bonchev–Trinajstić information content (AvgIpc) is 2.39. The lowest BCUT2D eigenvalue weighted by atomic mass is 10.1. The fourth-order valence-electron chi connectivity index (χ4n) is 1.74. The molecule has 6 nitrogen and oxygen atoms in total. The summed E-state index contributed by atoms with van der Waals surface area (Å²) in [5.74, 6) is 1.67. The Kier molecular flexibility index (Phi) is 4.25. The molecule has 1 unspecified atom stereocenters. The van der Waals surface area contributed by atoms with Crippen LogP contribution in [0.15, 0.2) is 30.6 Å². The van der Waals surface area contributed by atoms with Gasteiger partial charge in [0.25, 0.3) is 0 Å². The van der Waals surface area contributed by atoms with Crippen LogP contribution >= 0.6 is 0 Å². The third-order valence-corrected chi connectivity index (χ3v) is 2.64. The molecule has 0 saturated heterocycles. The maximum absolute atomic E-state index is 5.75. The van der Waals surface area contributed by atoms with Crippen LogP contribution in [0.5, 0.6) is 0 Å². The van der Waals surface area contributed by atoms with Crippen molar-refractivity contribution in [1.29, 1.82) is 0 Å². The average molecular weight is 259 g/mol. The first-order valence-electron chi connectivity index (χ1n) is 5.98. The second-order valence-corrected chi connectivity index (χ2v) is 4.17. The number of methoxy groups -OCH3 is 1. The highest BCUT2D eigenvalue weighted by molar-refractivity contribution is 5.46. The number of pyridine rings is 1. The Balaban J connectivity index is 2.14. The van der Waals surface area contributed by atoms with Gasteiger partial charge in [0, 0.05) is 25.6 Å². The molecule has 100 valence electrons. The third kappa shape index (κ3) is 3.62. The van der Waals surface area contributed by atoms with Crippen LogP contribution in [0.3, 0.4) is 0 Å². The summed E-state index contributed by atoms with van der Waals surface area (Å²) < 4.78 is 5.01.